The minimum Gasteiger partial charge on any atom is -0.509 e. The second-order valence-corrected chi connectivity index (χ2v) is 0.175. The van der Waals surface area contributed by atoms with Crippen molar-refractivity contribution >= 4 is 6.47 Å². The number of hydrogen-bond donors (Lipinski definition) is 1. The fourth-order valence-corrected chi connectivity index (χ4v) is 0. The molecule has 0 aliphatic rings. The van der Waals surface area contributed by atoms with E-state index in [1.807, 2.05) is 0 Å². The number of hydrogen-bond acceptors (Lipinski definition) is 3. The maximum absolute atomic E-state index is 8.58. The molecule has 0 aromatic carbocycles. The molecule has 0 unspecified atom stereocenters. The largest absolute Gasteiger partial charge is 0.509 e. The molecule has 0 aromatic rings. The first-order valence-electron chi connectivity index (χ1n) is 0.591. The van der Waals surface area contributed by atoms with E-state index in [0.717, 1.165) is 6.47 Å². The van der Waals surface area contributed by atoms with Gasteiger partial charge >= 0.3 is 0 Å². The molecule has 0 amide bonds. The molecule has 0 fully saturated rings. The molecule has 0 bridgehead atoms. The Morgan fingerprint density at radius 3 is 1.67 bits per heavy atom. The summed E-state index contributed by atoms with van der Waals surface area (Å²) in [6.07, 6.45) is 0. The topological polar surface area (TPSA) is 46.5 Å². The average Bonchev–Trinajstić information content (AvgIpc) is 1.37. The van der Waals surface area contributed by atoms with Crippen LogP contribution in [0.3, 0.4) is 0 Å². The Morgan fingerprint density at radius 1 is 1.50 bits per heavy atom. The molecule has 5 heteroatoms. The molecule has 0 spiro atoms. The van der Waals surface area contributed by atoms with Crippen molar-refractivity contribution in [2.45, 2.75) is 0 Å². The molecule has 40 valence electrons. The third-order valence-electron chi connectivity index (χ3n) is 0.0373. The zero-order valence-electron chi connectivity index (χ0n) is 2.47. The van der Waals surface area contributed by atoms with Gasteiger partial charge in [0.1, 0.15) is 0 Å². The van der Waals surface area contributed by atoms with E-state index < -0.39 is 0 Å². The van der Waals surface area contributed by atoms with Gasteiger partial charge in [-0.15, -0.1) is 0 Å². The Morgan fingerprint density at radius 2 is 1.67 bits per heavy atom. The van der Waals surface area contributed by atoms with Gasteiger partial charge in [-0.2, -0.15) is 0 Å². The van der Waals surface area contributed by atoms with E-state index in [2.05, 4.69) is 4.89 Å². The van der Waals surface area contributed by atoms with Crippen LogP contribution in [0.5, 0.6) is 0 Å². The summed E-state index contributed by atoms with van der Waals surface area (Å²) in [7, 11) is 0. The smallest absolute Gasteiger partial charge is 0 e. The van der Waals surface area contributed by atoms with Crippen LogP contribution in [-0.4, -0.2) is 11.7 Å². The minimum absolute atomic E-state index is 0. The van der Waals surface area contributed by atoms with Gasteiger partial charge in [0.05, 0.1) is 0 Å². The molecule has 0 aliphatic heterocycles. The van der Waals surface area contributed by atoms with E-state index in [0.29, 0.717) is 0 Å². The summed E-state index contributed by atoms with van der Waals surface area (Å²) in [4.78, 5) is 11.3. The standard InChI is InChI=1S/CHO3.2Fe/c2-1-4-3;;/h3H;;/q-1;;. The van der Waals surface area contributed by atoms with E-state index >= 15 is 0 Å². The van der Waals surface area contributed by atoms with Crippen LogP contribution in [0.2, 0.25) is 0 Å². The van der Waals surface area contributed by atoms with E-state index in [1.54, 1.807) is 0 Å². The van der Waals surface area contributed by atoms with Gasteiger partial charge in [-0.3, -0.25) is 0 Å². The van der Waals surface area contributed by atoms with Crippen molar-refractivity contribution in [2.75, 3.05) is 0 Å². The second kappa shape index (κ2) is 17.9. The van der Waals surface area contributed by atoms with Gasteiger partial charge in [0, 0.05) is 34.1 Å². The van der Waals surface area contributed by atoms with Crippen LogP contribution in [0.25, 0.3) is 0 Å². The molecule has 0 saturated heterocycles. The van der Waals surface area contributed by atoms with Gasteiger partial charge in [-0.05, 0) is 6.47 Å². The Labute approximate surface area is 55.9 Å². The van der Waals surface area contributed by atoms with Crippen LogP contribution in [0.15, 0.2) is 0 Å². The molecular formula is CHFe2O3-. The zero-order chi connectivity index (χ0) is 3.41. The third-order valence-corrected chi connectivity index (χ3v) is 0.0373. The van der Waals surface area contributed by atoms with Crippen LogP contribution in [0.1, 0.15) is 0 Å². The molecule has 0 atom stereocenters. The normalized spacial score (nSPS) is 3.50. The first-order chi connectivity index (χ1) is 1.91. The van der Waals surface area contributed by atoms with Crippen molar-refractivity contribution in [3.63, 3.8) is 0 Å². The second-order valence-electron chi connectivity index (χ2n) is 0.175. The summed E-state index contributed by atoms with van der Waals surface area (Å²) in [5, 5.41) is 6.95. The fourth-order valence-electron chi connectivity index (χ4n) is 0. The van der Waals surface area contributed by atoms with Gasteiger partial charge in [0.25, 0.3) is 0 Å². The molecule has 1 N–H and O–H groups in total. The van der Waals surface area contributed by atoms with Crippen molar-refractivity contribution < 1.29 is 49.1 Å². The van der Waals surface area contributed by atoms with E-state index in [4.69, 9.17) is 10.1 Å². The van der Waals surface area contributed by atoms with Gasteiger partial charge in [0.15, 0.2) is 0 Å². The van der Waals surface area contributed by atoms with E-state index in [9.17, 15) is 0 Å². The summed E-state index contributed by atoms with van der Waals surface area (Å²) in [6, 6.07) is 0. The maximum Gasteiger partial charge on any atom is 0 e. The first-order valence-corrected chi connectivity index (χ1v) is 0.591. The molecule has 0 radical (unpaired) electrons. The SMILES string of the molecule is O=[C-]OO.[Fe].[Fe]. The molecule has 0 aliphatic carbocycles. The van der Waals surface area contributed by atoms with Gasteiger partial charge in [-0.1, -0.05) is 0 Å². The monoisotopic (exact) mass is 173 g/mol. The molecule has 0 rings (SSSR count). The van der Waals surface area contributed by atoms with Crippen molar-refractivity contribution in [3.05, 3.63) is 0 Å². The van der Waals surface area contributed by atoms with E-state index in [1.165, 1.54) is 0 Å². The van der Waals surface area contributed by atoms with Gasteiger partial charge in [-0.25, -0.2) is 5.26 Å². The third kappa shape index (κ3) is 24.9. The fraction of sp³-hybridized carbons (Fsp3) is 0. The molecular weight excluding hydrogens is 172 g/mol. The van der Waals surface area contributed by atoms with Crippen molar-refractivity contribution in [1.82, 2.24) is 0 Å². The minimum atomic E-state index is 0. The molecule has 0 aromatic heterocycles. The van der Waals surface area contributed by atoms with Crippen molar-refractivity contribution in [3.8, 4) is 0 Å². The summed E-state index contributed by atoms with van der Waals surface area (Å²) >= 11 is 0. The van der Waals surface area contributed by atoms with Crippen LogP contribution >= 0.6 is 0 Å². The van der Waals surface area contributed by atoms with Crippen molar-refractivity contribution in [2.24, 2.45) is 0 Å². The maximum atomic E-state index is 8.58. The van der Waals surface area contributed by atoms with Gasteiger partial charge < -0.3 is 9.68 Å². The molecule has 0 saturated carbocycles. The zero-order valence-corrected chi connectivity index (χ0v) is 4.68. The number of rotatable bonds is 1. The Balaban J connectivity index is -0.0000000450. The van der Waals surface area contributed by atoms with E-state index in [-0.39, 0.29) is 34.1 Å². The summed E-state index contributed by atoms with van der Waals surface area (Å²) in [6.45, 7) is 0.736. The summed E-state index contributed by atoms with van der Waals surface area (Å²) in [5.41, 5.74) is 0. The summed E-state index contributed by atoms with van der Waals surface area (Å²) < 4.78 is 0. The Bertz CT molecular complexity index is 22.8. The quantitative estimate of drug-likeness (QED) is 0.252. The van der Waals surface area contributed by atoms with Crippen molar-refractivity contribution in [1.29, 1.82) is 0 Å². The first kappa shape index (κ1) is 16.1. The Hall–Kier alpha value is 0.469. The molecule has 6 heavy (non-hydrogen) atoms. The molecule has 3 nitrogen and oxygen atoms in total. The predicted molar refractivity (Wildman–Crippen MR) is 9.41 cm³/mol. The van der Waals surface area contributed by atoms with Crippen LogP contribution in [0, 0.1) is 0 Å². The van der Waals surface area contributed by atoms with Crippen LogP contribution < -0.4 is 0 Å². The molecule has 0 heterocycles. The van der Waals surface area contributed by atoms with Crippen LogP contribution in [-0.2, 0) is 43.8 Å². The summed E-state index contributed by atoms with van der Waals surface area (Å²) in [5.74, 6) is 0. The van der Waals surface area contributed by atoms with Crippen LogP contribution in [0.4, 0.5) is 0 Å². The average molecular weight is 173 g/mol. The van der Waals surface area contributed by atoms with Gasteiger partial charge in [0.2, 0.25) is 0 Å². The number of carbonyl (C=O) groups excluding carboxylic acids is 1. The Kier molecular flexibility index (Phi) is 48.0. The predicted octanol–water partition coefficient (Wildman–Crippen LogP) is -0.462.